The van der Waals surface area contributed by atoms with E-state index in [1.165, 1.54) is 0 Å². The van der Waals surface area contributed by atoms with E-state index in [0.29, 0.717) is 48.9 Å². The number of aromatic hydroxyl groups is 1. The lowest BCUT2D eigenvalue weighted by Crippen LogP contribution is -2.60. The van der Waals surface area contributed by atoms with E-state index >= 15 is 4.39 Å². The second kappa shape index (κ2) is 10.1. The summed E-state index contributed by atoms with van der Waals surface area (Å²) in [5.74, 6) is 0.240. The number of nitrogens with one attached hydrogen (secondary N) is 1. The Morgan fingerprint density at radius 3 is 2.96 bits per heavy atom. The lowest BCUT2D eigenvalue weighted by Gasteiger charge is -2.40. The maximum absolute atomic E-state index is 17.0. The van der Waals surface area contributed by atoms with Crippen molar-refractivity contribution in [3.8, 4) is 28.9 Å². The third-order valence-electron chi connectivity index (χ3n) is 10.8. The molecule has 5 aliphatic rings. The zero-order valence-electron chi connectivity index (χ0n) is 25.2. The fourth-order valence-corrected chi connectivity index (χ4v) is 8.78. The molecule has 1 unspecified atom stereocenters. The largest absolute Gasteiger partial charge is 0.508 e. The molecule has 11 heteroatoms. The Morgan fingerprint density at radius 2 is 2.07 bits per heavy atom. The lowest BCUT2D eigenvalue weighted by atomic mass is 9.95. The lowest BCUT2D eigenvalue weighted by molar-refractivity contribution is 0.107. The van der Waals surface area contributed by atoms with E-state index in [1.807, 2.05) is 25.1 Å². The molecule has 9 nitrogen and oxygen atoms in total. The highest BCUT2D eigenvalue weighted by Gasteiger charge is 2.50. The van der Waals surface area contributed by atoms with Crippen LogP contribution in [0.3, 0.4) is 0 Å². The van der Waals surface area contributed by atoms with Crippen LogP contribution in [0.2, 0.25) is 0 Å². The summed E-state index contributed by atoms with van der Waals surface area (Å²) in [6.07, 6.45) is 4.18. The molecule has 7 heterocycles. The van der Waals surface area contributed by atoms with Gasteiger partial charge in [-0.25, -0.2) is 13.8 Å². The predicted molar refractivity (Wildman–Crippen MR) is 166 cm³/mol. The van der Waals surface area contributed by atoms with E-state index in [2.05, 4.69) is 20.1 Å². The third-order valence-corrected chi connectivity index (χ3v) is 10.8. The van der Waals surface area contributed by atoms with Gasteiger partial charge in [-0.15, -0.1) is 0 Å². The first-order chi connectivity index (χ1) is 21.9. The smallest absolute Gasteiger partial charge is 0.319 e. The van der Waals surface area contributed by atoms with Crippen molar-refractivity contribution in [2.45, 2.75) is 75.3 Å². The van der Waals surface area contributed by atoms with Gasteiger partial charge < -0.3 is 24.8 Å². The fourth-order valence-electron chi connectivity index (χ4n) is 8.78. The predicted octanol–water partition coefficient (Wildman–Crippen LogP) is 4.91. The molecule has 0 radical (unpaired) electrons. The number of anilines is 1. The minimum absolute atomic E-state index is 0.0187. The van der Waals surface area contributed by atoms with Gasteiger partial charge in [-0.2, -0.15) is 9.97 Å². The fraction of sp³-hybridized carbons (Fsp3) is 0.500. The number of piperazine rings is 1. The highest BCUT2D eigenvalue weighted by atomic mass is 19.1. The molecule has 5 atom stereocenters. The van der Waals surface area contributed by atoms with Crippen LogP contribution in [0, 0.1) is 5.82 Å². The SMILES string of the molecule is CCc1cccc2cc(O)cc(-c3nc4c5c(nc(OCC67CCCN6C[C@H](F)C7)nc5c3F)N3C[C@@H]5CC[C@@H](N5)[C@H]3CO4)c12. The molecule has 4 fully saturated rings. The molecule has 0 aliphatic carbocycles. The van der Waals surface area contributed by atoms with E-state index in [1.54, 1.807) is 12.1 Å². The van der Waals surface area contributed by atoms with Gasteiger partial charge in [-0.05, 0) is 67.1 Å². The number of fused-ring (bicyclic) bond motifs is 7. The number of ether oxygens (including phenoxy) is 2. The van der Waals surface area contributed by atoms with Gasteiger partial charge in [-0.3, -0.25) is 4.90 Å². The summed E-state index contributed by atoms with van der Waals surface area (Å²) in [4.78, 5) is 18.8. The summed E-state index contributed by atoms with van der Waals surface area (Å²) in [5.41, 5.74) is 1.24. The summed E-state index contributed by atoms with van der Waals surface area (Å²) in [5, 5.41) is 16.5. The highest BCUT2D eigenvalue weighted by Crippen LogP contribution is 2.45. The van der Waals surface area contributed by atoms with Crippen molar-refractivity contribution in [1.82, 2.24) is 25.2 Å². The Kier molecular flexibility index (Phi) is 6.16. The van der Waals surface area contributed by atoms with Crippen molar-refractivity contribution < 1.29 is 23.4 Å². The maximum atomic E-state index is 17.0. The van der Waals surface area contributed by atoms with Gasteiger partial charge in [0.15, 0.2) is 5.82 Å². The number of benzene rings is 2. The molecule has 5 aliphatic heterocycles. The van der Waals surface area contributed by atoms with Crippen molar-refractivity contribution in [2.75, 3.05) is 37.7 Å². The molecule has 0 spiro atoms. The molecule has 2 bridgehead atoms. The van der Waals surface area contributed by atoms with Gasteiger partial charge in [-0.1, -0.05) is 25.1 Å². The number of nitrogens with zero attached hydrogens (tertiary/aromatic N) is 5. The first-order valence-corrected chi connectivity index (χ1v) is 16.2. The monoisotopic (exact) mass is 614 g/mol. The van der Waals surface area contributed by atoms with Gasteiger partial charge in [0, 0.05) is 37.2 Å². The second-order valence-corrected chi connectivity index (χ2v) is 13.4. The zero-order valence-corrected chi connectivity index (χ0v) is 25.2. The van der Waals surface area contributed by atoms with Crippen LogP contribution >= 0.6 is 0 Å². The number of aromatic nitrogens is 3. The summed E-state index contributed by atoms with van der Waals surface area (Å²) in [7, 11) is 0. The molecule has 2 aromatic carbocycles. The summed E-state index contributed by atoms with van der Waals surface area (Å²) in [6.45, 7) is 4.63. The third kappa shape index (κ3) is 4.19. The number of aryl methyl sites for hydroxylation is 1. The molecule has 9 rings (SSSR count). The van der Waals surface area contributed by atoms with E-state index in [-0.39, 0.29) is 47.5 Å². The van der Waals surface area contributed by atoms with Crippen LogP contribution in [0.5, 0.6) is 17.6 Å². The van der Waals surface area contributed by atoms with Crippen LogP contribution in [0.4, 0.5) is 14.6 Å². The Bertz CT molecular complexity index is 1860. The summed E-state index contributed by atoms with van der Waals surface area (Å²) in [6, 6.07) is 9.68. The number of phenolic OH excluding ortho intramolecular Hbond substituents is 1. The van der Waals surface area contributed by atoms with Crippen LogP contribution in [0.25, 0.3) is 32.9 Å². The Morgan fingerprint density at radius 1 is 1.16 bits per heavy atom. The minimum Gasteiger partial charge on any atom is -0.508 e. The van der Waals surface area contributed by atoms with E-state index in [4.69, 9.17) is 19.4 Å². The summed E-state index contributed by atoms with van der Waals surface area (Å²) < 4.78 is 44.3. The van der Waals surface area contributed by atoms with Gasteiger partial charge in [0.1, 0.15) is 47.5 Å². The second-order valence-electron chi connectivity index (χ2n) is 13.4. The molecule has 234 valence electrons. The quantitative estimate of drug-likeness (QED) is 0.325. The number of hydrogen-bond donors (Lipinski definition) is 2. The highest BCUT2D eigenvalue weighted by molar-refractivity contribution is 6.03. The number of hydrogen-bond acceptors (Lipinski definition) is 9. The van der Waals surface area contributed by atoms with E-state index in [9.17, 15) is 9.50 Å². The van der Waals surface area contributed by atoms with E-state index < -0.39 is 17.5 Å². The van der Waals surface area contributed by atoms with Gasteiger partial charge >= 0.3 is 6.01 Å². The average molecular weight is 615 g/mol. The molecule has 4 aromatic rings. The van der Waals surface area contributed by atoms with Crippen molar-refractivity contribution in [2.24, 2.45) is 0 Å². The topological polar surface area (TPSA) is 95.9 Å². The molecular formula is C34H36F2N6O3. The van der Waals surface area contributed by atoms with Crippen molar-refractivity contribution in [3.05, 3.63) is 41.7 Å². The first kappa shape index (κ1) is 27.5. The number of phenols is 1. The number of pyridine rings is 1. The normalized spacial score (nSPS) is 28.7. The molecular weight excluding hydrogens is 578 g/mol. The summed E-state index contributed by atoms with van der Waals surface area (Å²) >= 11 is 0. The molecule has 4 saturated heterocycles. The zero-order chi connectivity index (χ0) is 30.4. The first-order valence-electron chi connectivity index (χ1n) is 16.2. The molecule has 2 N–H and O–H groups in total. The average Bonchev–Trinajstić information content (AvgIpc) is 3.67. The van der Waals surface area contributed by atoms with Crippen LogP contribution in [0.15, 0.2) is 30.3 Å². The Balaban J connectivity index is 1.24. The van der Waals surface area contributed by atoms with Gasteiger partial charge in [0.2, 0.25) is 5.88 Å². The molecule has 0 amide bonds. The standard InChI is InChI=1S/C34H36F2N6O3/c1-2-18-5-3-6-19-11-22(43)12-23(26(18)19)29-28(36)30-27-31(42-15-21-7-8-24(37-21)25(42)16-44-32(27)38-29)40-33(39-30)45-17-34-9-4-10-41(34)14-20(35)13-34/h3,5-6,11-12,20-21,24-25,37,43H,2,4,7-10,13-17H2,1H3/t20-,21+,24-,25-,34?/m1/s1. The van der Waals surface area contributed by atoms with Gasteiger partial charge in [0.05, 0.1) is 11.6 Å². The Labute approximate surface area is 259 Å². The molecule has 0 saturated carbocycles. The van der Waals surface area contributed by atoms with Crippen LogP contribution in [0.1, 0.15) is 44.6 Å². The number of halogens is 2. The van der Waals surface area contributed by atoms with Crippen LogP contribution in [-0.2, 0) is 6.42 Å². The van der Waals surface area contributed by atoms with Crippen LogP contribution < -0.4 is 19.7 Å². The maximum Gasteiger partial charge on any atom is 0.319 e. The molecule has 45 heavy (non-hydrogen) atoms. The van der Waals surface area contributed by atoms with Gasteiger partial charge in [0.25, 0.3) is 0 Å². The number of alkyl halides is 1. The number of rotatable bonds is 5. The minimum atomic E-state index is -0.885. The molecule has 2 aromatic heterocycles. The Hall–Kier alpha value is -3.83. The van der Waals surface area contributed by atoms with Crippen molar-refractivity contribution in [1.29, 1.82) is 0 Å². The van der Waals surface area contributed by atoms with Crippen molar-refractivity contribution in [3.63, 3.8) is 0 Å². The van der Waals surface area contributed by atoms with E-state index in [0.717, 1.165) is 55.0 Å². The van der Waals surface area contributed by atoms with Crippen LogP contribution in [-0.4, -0.2) is 87.6 Å². The van der Waals surface area contributed by atoms with Crippen molar-refractivity contribution >= 4 is 27.5 Å².